The Hall–Kier alpha value is -0.850. The van der Waals surface area contributed by atoms with Gasteiger partial charge in [0, 0.05) is 36.8 Å². The molecule has 2 N–H and O–H groups in total. The lowest BCUT2D eigenvalue weighted by atomic mass is 9.97. The zero-order valence-corrected chi connectivity index (χ0v) is 12.7. The summed E-state index contributed by atoms with van der Waals surface area (Å²) in [6.45, 7) is 5.26. The van der Waals surface area contributed by atoms with Crippen LogP contribution < -0.4 is 5.32 Å². The quantitative estimate of drug-likeness (QED) is 0.880. The Morgan fingerprint density at radius 3 is 3.05 bits per heavy atom. The molecule has 5 nitrogen and oxygen atoms in total. The Morgan fingerprint density at radius 1 is 1.74 bits per heavy atom. The molecule has 1 aliphatic rings. The number of amides is 1. The summed E-state index contributed by atoms with van der Waals surface area (Å²) in [5, 5.41) is 13.1. The van der Waals surface area contributed by atoms with E-state index < -0.39 is 5.60 Å². The Kier molecular flexibility index (Phi) is 4.32. The van der Waals surface area contributed by atoms with E-state index in [0.717, 1.165) is 11.0 Å². The molecular formula is C13H19BrN2O3. The van der Waals surface area contributed by atoms with Gasteiger partial charge in [-0.2, -0.15) is 0 Å². The Labute approximate surface area is 121 Å². The molecule has 0 aromatic carbocycles. The maximum absolute atomic E-state index is 12.1. The fraction of sp³-hybridized carbons (Fsp3) is 0.615. The predicted octanol–water partition coefficient (Wildman–Crippen LogP) is 1.54. The number of aryl methyl sites for hydroxylation is 1. The van der Waals surface area contributed by atoms with Crippen LogP contribution >= 0.6 is 15.9 Å². The van der Waals surface area contributed by atoms with Crippen LogP contribution in [0.15, 0.2) is 16.7 Å². The van der Waals surface area contributed by atoms with Crippen molar-refractivity contribution in [3.05, 3.63) is 22.4 Å². The minimum Gasteiger partial charge on any atom is -0.385 e. The van der Waals surface area contributed by atoms with E-state index in [1.807, 2.05) is 24.6 Å². The van der Waals surface area contributed by atoms with Gasteiger partial charge in [0.05, 0.1) is 6.10 Å². The first-order chi connectivity index (χ1) is 8.96. The molecule has 2 atom stereocenters. The highest BCUT2D eigenvalue weighted by atomic mass is 79.9. The highest BCUT2D eigenvalue weighted by Gasteiger charge is 2.39. The molecule has 106 valence electrons. The first-order valence-corrected chi connectivity index (χ1v) is 7.23. The van der Waals surface area contributed by atoms with Gasteiger partial charge < -0.3 is 19.7 Å². The lowest BCUT2D eigenvalue weighted by Crippen LogP contribution is -2.47. The number of hydrogen-bond donors (Lipinski definition) is 2. The molecule has 19 heavy (non-hydrogen) atoms. The van der Waals surface area contributed by atoms with Crippen LogP contribution in [0.3, 0.4) is 0 Å². The Bertz CT molecular complexity index is 474. The highest BCUT2D eigenvalue weighted by molar-refractivity contribution is 9.10. The summed E-state index contributed by atoms with van der Waals surface area (Å²) < 4.78 is 8.07. The van der Waals surface area contributed by atoms with Crippen LogP contribution in [-0.4, -0.2) is 40.4 Å². The molecule has 1 aromatic rings. The van der Waals surface area contributed by atoms with Crippen LogP contribution in [0.4, 0.5) is 0 Å². The van der Waals surface area contributed by atoms with Gasteiger partial charge in [-0.15, -0.1) is 0 Å². The van der Waals surface area contributed by atoms with Crippen molar-refractivity contribution in [2.24, 2.45) is 0 Å². The molecule has 0 bridgehead atoms. The number of aromatic nitrogens is 1. The molecule has 1 aromatic heterocycles. The van der Waals surface area contributed by atoms with Gasteiger partial charge in [-0.3, -0.25) is 4.79 Å². The predicted molar refractivity (Wildman–Crippen MR) is 75.1 cm³/mol. The van der Waals surface area contributed by atoms with Crippen molar-refractivity contribution >= 4 is 21.8 Å². The largest absolute Gasteiger partial charge is 0.385 e. The smallest absolute Gasteiger partial charge is 0.268 e. The van der Waals surface area contributed by atoms with E-state index in [-0.39, 0.29) is 18.6 Å². The van der Waals surface area contributed by atoms with Gasteiger partial charge in [-0.1, -0.05) is 0 Å². The van der Waals surface area contributed by atoms with Crippen molar-refractivity contribution in [1.82, 2.24) is 9.88 Å². The third-order valence-electron chi connectivity index (χ3n) is 3.65. The van der Waals surface area contributed by atoms with Gasteiger partial charge in [-0.25, -0.2) is 0 Å². The molecule has 0 radical (unpaired) electrons. The van der Waals surface area contributed by atoms with E-state index in [9.17, 15) is 9.90 Å². The number of carbonyl (C=O) groups is 1. The number of halogens is 1. The third kappa shape index (κ3) is 3.01. The summed E-state index contributed by atoms with van der Waals surface area (Å²) in [7, 11) is 0. The van der Waals surface area contributed by atoms with E-state index in [1.165, 1.54) is 0 Å². The number of aliphatic hydroxyl groups is 1. The maximum Gasteiger partial charge on any atom is 0.268 e. The second-order valence-electron chi connectivity index (χ2n) is 4.88. The second kappa shape index (κ2) is 5.64. The van der Waals surface area contributed by atoms with Crippen molar-refractivity contribution in [2.45, 2.75) is 38.5 Å². The summed E-state index contributed by atoms with van der Waals surface area (Å²) in [6, 6.07) is 1.78. The first kappa shape index (κ1) is 14.6. The number of hydrogen-bond acceptors (Lipinski definition) is 3. The minimum atomic E-state index is -0.962. The molecule has 2 heterocycles. The molecule has 6 heteroatoms. The zero-order valence-electron chi connectivity index (χ0n) is 11.1. The Morgan fingerprint density at radius 2 is 2.47 bits per heavy atom. The van der Waals surface area contributed by atoms with E-state index in [2.05, 4.69) is 21.2 Å². The minimum absolute atomic E-state index is 0.180. The van der Waals surface area contributed by atoms with Gasteiger partial charge in [-0.05, 0) is 35.8 Å². The molecule has 0 saturated carbocycles. The number of carbonyl (C=O) groups excluding carboxylic acids is 1. The molecule has 2 rings (SSSR count). The lowest BCUT2D eigenvalue weighted by molar-refractivity contribution is -0.0252. The van der Waals surface area contributed by atoms with Gasteiger partial charge in [0.2, 0.25) is 0 Å². The van der Waals surface area contributed by atoms with Crippen molar-refractivity contribution in [2.75, 3.05) is 13.2 Å². The van der Waals surface area contributed by atoms with Gasteiger partial charge in [0.1, 0.15) is 11.3 Å². The SMILES string of the molecule is CCn1cc(Br)cc1C(=O)NCC1(O)CCOC1C. The van der Waals surface area contributed by atoms with E-state index in [0.29, 0.717) is 18.7 Å². The van der Waals surface area contributed by atoms with Crippen molar-refractivity contribution in [3.8, 4) is 0 Å². The number of ether oxygens (including phenoxy) is 1. The van der Waals surface area contributed by atoms with Crippen molar-refractivity contribution in [1.29, 1.82) is 0 Å². The maximum atomic E-state index is 12.1. The molecule has 0 aliphatic carbocycles. The molecule has 1 amide bonds. The van der Waals surface area contributed by atoms with Crippen molar-refractivity contribution in [3.63, 3.8) is 0 Å². The van der Waals surface area contributed by atoms with Gasteiger partial charge in [0.15, 0.2) is 0 Å². The molecular weight excluding hydrogens is 312 g/mol. The summed E-state index contributed by atoms with van der Waals surface area (Å²) in [5.74, 6) is -0.180. The molecule has 1 saturated heterocycles. The fourth-order valence-corrected chi connectivity index (χ4v) is 2.72. The summed E-state index contributed by atoms with van der Waals surface area (Å²) >= 11 is 3.36. The van der Waals surface area contributed by atoms with Crippen LogP contribution in [0.2, 0.25) is 0 Å². The second-order valence-corrected chi connectivity index (χ2v) is 5.79. The van der Waals surface area contributed by atoms with E-state index >= 15 is 0 Å². The monoisotopic (exact) mass is 330 g/mol. The lowest BCUT2D eigenvalue weighted by Gasteiger charge is -2.26. The average molecular weight is 331 g/mol. The number of rotatable bonds is 4. The van der Waals surface area contributed by atoms with Crippen molar-refractivity contribution < 1.29 is 14.6 Å². The Balaban J connectivity index is 2.01. The van der Waals surface area contributed by atoms with E-state index in [1.54, 1.807) is 6.07 Å². The third-order valence-corrected chi connectivity index (χ3v) is 4.08. The first-order valence-electron chi connectivity index (χ1n) is 6.44. The highest BCUT2D eigenvalue weighted by Crippen LogP contribution is 2.25. The normalized spacial score (nSPS) is 26.6. The van der Waals surface area contributed by atoms with Crippen LogP contribution in [0.5, 0.6) is 0 Å². The van der Waals surface area contributed by atoms with Crippen LogP contribution in [0.1, 0.15) is 30.8 Å². The summed E-state index contributed by atoms with van der Waals surface area (Å²) in [5.41, 5.74) is -0.374. The fourth-order valence-electron chi connectivity index (χ4n) is 2.25. The topological polar surface area (TPSA) is 63.5 Å². The molecule has 0 spiro atoms. The van der Waals surface area contributed by atoms with Gasteiger partial charge >= 0.3 is 0 Å². The van der Waals surface area contributed by atoms with Gasteiger partial charge in [0.25, 0.3) is 5.91 Å². The zero-order chi connectivity index (χ0) is 14.0. The number of nitrogens with one attached hydrogen (secondary N) is 1. The molecule has 1 fully saturated rings. The summed E-state index contributed by atoms with van der Waals surface area (Å²) in [6.07, 6.45) is 2.16. The van der Waals surface area contributed by atoms with Crippen LogP contribution in [0, 0.1) is 0 Å². The summed E-state index contributed by atoms with van der Waals surface area (Å²) in [4.78, 5) is 12.1. The van der Waals surface area contributed by atoms with Crippen LogP contribution in [0.25, 0.3) is 0 Å². The van der Waals surface area contributed by atoms with Crippen LogP contribution in [-0.2, 0) is 11.3 Å². The molecule has 2 unspecified atom stereocenters. The standard InChI is InChI=1S/C13H19BrN2O3/c1-3-16-7-10(14)6-11(16)12(17)15-8-13(18)4-5-19-9(13)2/h6-7,9,18H,3-5,8H2,1-2H3,(H,15,17). The van der Waals surface area contributed by atoms with E-state index in [4.69, 9.17) is 4.74 Å². The average Bonchev–Trinajstić information content (AvgIpc) is 2.91. The number of nitrogens with zero attached hydrogens (tertiary/aromatic N) is 1. The molecule has 1 aliphatic heterocycles.